The molecule has 0 atom stereocenters. The monoisotopic (exact) mass is 331 g/mol. The third kappa shape index (κ3) is 3.03. The molecule has 0 unspecified atom stereocenters. The minimum absolute atomic E-state index is 0.240. The van der Waals surface area contributed by atoms with Gasteiger partial charge in [-0.3, -0.25) is 0 Å². The molecule has 0 amide bonds. The largest absolute Gasteiger partial charge is 0.364 e. The van der Waals surface area contributed by atoms with Crippen molar-refractivity contribution < 1.29 is 17.3 Å². The van der Waals surface area contributed by atoms with Crippen molar-refractivity contribution in [3.8, 4) is 22.3 Å². The van der Waals surface area contributed by atoms with Gasteiger partial charge in [0.25, 0.3) is 0 Å². The van der Waals surface area contributed by atoms with Gasteiger partial charge in [0.15, 0.2) is 9.84 Å². The van der Waals surface area contributed by atoms with Crippen LogP contribution in [-0.2, 0) is 9.84 Å². The Balaban J connectivity index is 2.31. The van der Waals surface area contributed by atoms with Crippen molar-refractivity contribution in [2.45, 2.75) is 11.8 Å². The normalized spacial score (nSPS) is 11.6. The zero-order chi connectivity index (χ0) is 16.6. The molecule has 0 aliphatic rings. The Kier molecular flexibility index (Phi) is 3.77. The quantitative estimate of drug-likeness (QED) is 0.731. The lowest BCUT2D eigenvalue weighted by Gasteiger charge is -2.14. The molecule has 0 spiro atoms. The number of benzene rings is 2. The van der Waals surface area contributed by atoms with E-state index in [1.807, 2.05) is 0 Å². The maximum atomic E-state index is 13.2. The van der Waals surface area contributed by atoms with E-state index in [2.05, 4.69) is 5.16 Å². The first kappa shape index (κ1) is 15.4. The molecule has 0 aliphatic carbocycles. The van der Waals surface area contributed by atoms with E-state index in [0.29, 0.717) is 16.7 Å². The summed E-state index contributed by atoms with van der Waals surface area (Å²) in [6.07, 6.45) is 4.22. The number of sulfone groups is 1. The smallest absolute Gasteiger partial charge is 0.176 e. The van der Waals surface area contributed by atoms with Crippen LogP contribution >= 0.6 is 0 Å². The zero-order valence-electron chi connectivity index (χ0n) is 12.6. The summed E-state index contributed by atoms with van der Waals surface area (Å²) in [7, 11) is -3.44. The molecule has 0 radical (unpaired) electrons. The number of aromatic nitrogens is 1. The molecule has 0 saturated carbocycles. The summed E-state index contributed by atoms with van der Waals surface area (Å²) in [6, 6.07) is 9.27. The standard InChI is InChI=1S/C17H14FNO3S/c1-11-7-13(14-9-19-22-10-14)8-16(17(11)23(2,20)21)12-3-5-15(18)6-4-12/h3-10H,1-2H3. The van der Waals surface area contributed by atoms with Crippen LogP contribution in [0.4, 0.5) is 4.39 Å². The van der Waals surface area contributed by atoms with Crippen LogP contribution in [0.15, 0.2) is 58.3 Å². The maximum absolute atomic E-state index is 13.2. The lowest BCUT2D eigenvalue weighted by molar-refractivity contribution is 0.420. The first-order valence-corrected chi connectivity index (χ1v) is 8.76. The molecule has 118 valence electrons. The van der Waals surface area contributed by atoms with Gasteiger partial charge in [-0.15, -0.1) is 0 Å². The van der Waals surface area contributed by atoms with Gasteiger partial charge in [0.1, 0.15) is 12.1 Å². The number of nitrogens with zero attached hydrogens (tertiary/aromatic N) is 1. The topological polar surface area (TPSA) is 60.2 Å². The number of rotatable bonds is 3. The molecular formula is C17H14FNO3S. The fourth-order valence-electron chi connectivity index (χ4n) is 2.62. The summed E-state index contributed by atoms with van der Waals surface area (Å²) >= 11 is 0. The van der Waals surface area contributed by atoms with Crippen LogP contribution in [0.2, 0.25) is 0 Å². The zero-order valence-corrected chi connectivity index (χ0v) is 13.4. The summed E-state index contributed by atoms with van der Waals surface area (Å²) in [5, 5.41) is 3.67. The van der Waals surface area contributed by atoms with E-state index in [1.54, 1.807) is 37.4 Å². The first-order valence-electron chi connectivity index (χ1n) is 6.86. The molecule has 1 heterocycles. The van der Waals surface area contributed by atoms with E-state index >= 15 is 0 Å². The Labute approximate surface area is 133 Å². The van der Waals surface area contributed by atoms with Crippen molar-refractivity contribution >= 4 is 9.84 Å². The van der Waals surface area contributed by atoms with Crippen LogP contribution in [0, 0.1) is 12.7 Å². The van der Waals surface area contributed by atoms with E-state index in [9.17, 15) is 12.8 Å². The molecule has 4 nitrogen and oxygen atoms in total. The summed E-state index contributed by atoms with van der Waals surface area (Å²) in [4.78, 5) is 0.240. The molecular weight excluding hydrogens is 317 g/mol. The SMILES string of the molecule is Cc1cc(-c2cnoc2)cc(-c2ccc(F)cc2)c1S(C)(=O)=O. The van der Waals surface area contributed by atoms with Crippen LogP contribution in [0.1, 0.15) is 5.56 Å². The molecule has 23 heavy (non-hydrogen) atoms. The van der Waals surface area contributed by atoms with Gasteiger partial charge in [-0.25, -0.2) is 12.8 Å². The molecule has 6 heteroatoms. The molecule has 3 rings (SSSR count). The van der Waals surface area contributed by atoms with Crippen molar-refractivity contribution in [1.29, 1.82) is 0 Å². The maximum Gasteiger partial charge on any atom is 0.176 e. The molecule has 3 aromatic rings. The molecule has 0 N–H and O–H groups in total. The number of halogens is 1. The lowest BCUT2D eigenvalue weighted by Crippen LogP contribution is -2.03. The highest BCUT2D eigenvalue weighted by molar-refractivity contribution is 7.90. The second kappa shape index (κ2) is 5.62. The van der Waals surface area contributed by atoms with Crippen molar-refractivity contribution in [1.82, 2.24) is 5.16 Å². The number of hydrogen-bond donors (Lipinski definition) is 0. The van der Waals surface area contributed by atoms with Crippen molar-refractivity contribution in [2.24, 2.45) is 0 Å². The Morgan fingerprint density at radius 2 is 1.74 bits per heavy atom. The third-order valence-corrected chi connectivity index (χ3v) is 4.85. The summed E-state index contributed by atoms with van der Waals surface area (Å²) in [6.45, 7) is 1.74. The third-order valence-electron chi connectivity index (χ3n) is 3.57. The van der Waals surface area contributed by atoms with E-state index in [-0.39, 0.29) is 10.7 Å². The van der Waals surface area contributed by atoms with E-state index < -0.39 is 9.84 Å². The van der Waals surface area contributed by atoms with Crippen LogP contribution in [0.3, 0.4) is 0 Å². The Bertz CT molecular complexity index is 946. The van der Waals surface area contributed by atoms with Gasteiger partial charge in [0.05, 0.1) is 11.1 Å². The fraction of sp³-hybridized carbons (Fsp3) is 0.118. The van der Waals surface area contributed by atoms with Crippen LogP contribution in [0.5, 0.6) is 0 Å². The number of hydrogen-bond acceptors (Lipinski definition) is 4. The highest BCUT2D eigenvalue weighted by Crippen LogP contribution is 2.35. The fourth-order valence-corrected chi connectivity index (χ4v) is 3.84. The highest BCUT2D eigenvalue weighted by Gasteiger charge is 2.19. The molecule has 0 bridgehead atoms. The van der Waals surface area contributed by atoms with Crippen LogP contribution < -0.4 is 0 Å². The second-order valence-corrected chi connectivity index (χ2v) is 7.31. The van der Waals surface area contributed by atoms with Crippen molar-refractivity contribution in [3.63, 3.8) is 0 Å². The van der Waals surface area contributed by atoms with Gasteiger partial charge in [-0.05, 0) is 47.9 Å². The summed E-state index contributed by atoms with van der Waals surface area (Å²) < 4.78 is 42.4. The predicted molar refractivity (Wildman–Crippen MR) is 85.2 cm³/mol. The predicted octanol–water partition coefficient (Wildman–Crippen LogP) is 3.86. The number of aryl methyl sites for hydroxylation is 1. The van der Waals surface area contributed by atoms with Gasteiger partial charge in [0, 0.05) is 17.4 Å². The molecule has 1 aromatic heterocycles. The van der Waals surface area contributed by atoms with Gasteiger partial charge < -0.3 is 4.52 Å². The first-order chi connectivity index (χ1) is 10.9. The summed E-state index contributed by atoms with van der Waals surface area (Å²) in [5.41, 5.74) is 3.31. The van der Waals surface area contributed by atoms with Crippen molar-refractivity contribution in [3.05, 3.63) is 60.2 Å². The minimum atomic E-state index is -3.44. The average molecular weight is 331 g/mol. The lowest BCUT2D eigenvalue weighted by atomic mass is 9.98. The van der Waals surface area contributed by atoms with E-state index in [4.69, 9.17) is 4.52 Å². The van der Waals surface area contributed by atoms with Crippen LogP contribution in [-0.4, -0.2) is 19.8 Å². The van der Waals surface area contributed by atoms with Gasteiger partial charge in [-0.1, -0.05) is 17.3 Å². The van der Waals surface area contributed by atoms with Crippen molar-refractivity contribution in [2.75, 3.05) is 6.26 Å². The molecule has 0 saturated heterocycles. The van der Waals surface area contributed by atoms with E-state index in [1.165, 1.54) is 24.7 Å². The Hall–Kier alpha value is -2.47. The Morgan fingerprint density at radius 3 is 2.30 bits per heavy atom. The van der Waals surface area contributed by atoms with Gasteiger partial charge in [-0.2, -0.15) is 0 Å². The highest BCUT2D eigenvalue weighted by atomic mass is 32.2. The minimum Gasteiger partial charge on any atom is -0.364 e. The Morgan fingerprint density at radius 1 is 1.04 bits per heavy atom. The second-order valence-electron chi connectivity index (χ2n) is 5.36. The molecule has 2 aromatic carbocycles. The summed E-state index contributed by atoms with van der Waals surface area (Å²) in [5.74, 6) is -0.374. The molecule has 0 fully saturated rings. The van der Waals surface area contributed by atoms with Crippen LogP contribution in [0.25, 0.3) is 22.3 Å². The van der Waals surface area contributed by atoms with Gasteiger partial charge >= 0.3 is 0 Å². The molecule has 0 aliphatic heterocycles. The average Bonchev–Trinajstić information content (AvgIpc) is 3.00. The van der Waals surface area contributed by atoms with Gasteiger partial charge in [0.2, 0.25) is 0 Å². The van der Waals surface area contributed by atoms with E-state index in [0.717, 1.165) is 11.1 Å².